The predicted octanol–water partition coefficient (Wildman–Crippen LogP) is 0.547. The SMILES string of the molecule is CONCC(=O)Nc1ccc2c(c1)OCCO2. The molecule has 0 spiro atoms. The maximum atomic E-state index is 11.4. The van der Waals surface area contributed by atoms with Crippen LogP contribution in [0.1, 0.15) is 0 Å². The lowest BCUT2D eigenvalue weighted by atomic mass is 10.2. The van der Waals surface area contributed by atoms with E-state index in [-0.39, 0.29) is 12.5 Å². The minimum Gasteiger partial charge on any atom is -0.486 e. The van der Waals surface area contributed by atoms with Crippen molar-refractivity contribution >= 4 is 11.6 Å². The second kappa shape index (κ2) is 5.51. The van der Waals surface area contributed by atoms with E-state index in [9.17, 15) is 4.79 Å². The minimum atomic E-state index is -0.191. The van der Waals surface area contributed by atoms with Crippen LogP contribution in [-0.4, -0.2) is 32.8 Å². The summed E-state index contributed by atoms with van der Waals surface area (Å²) in [5, 5.41) is 2.71. The van der Waals surface area contributed by atoms with Crippen molar-refractivity contribution in [3.05, 3.63) is 18.2 Å². The summed E-state index contributed by atoms with van der Waals surface area (Å²) in [7, 11) is 1.46. The van der Waals surface area contributed by atoms with Crippen molar-refractivity contribution < 1.29 is 19.1 Å². The van der Waals surface area contributed by atoms with Crippen LogP contribution in [0.25, 0.3) is 0 Å². The number of benzene rings is 1. The minimum absolute atomic E-state index is 0.0882. The third-order valence-corrected chi connectivity index (χ3v) is 2.20. The van der Waals surface area contributed by atoms with E-state index in [2.05, 4.69) is 15.6 Å². The van der Waals surface area contributed by atoms with Crippen molar-refractivity contribution in [1.29, 1.82) is 0 Å². The van der Waals surface area contributed by atoms with Gasteiger partial charge < -0.3 is 19.6 Å². The van der Waals surface area contributed by atoms with Crippen LogP contribution < -0.4 is 20.3 Å². The number of rotatable bonds is 4. The van der Waals surface area contributed by atoms with Gasteiger partial charge in [-0.25, -0.2) is 0 Å². The van der Waals surface area contributed by atoms with Gasteiger partial charge in [0.15, 0.2) is 11.5 Å². The van der Waals surface area contributed by atoms with Crippen LogP contribution in [0.3, 0.4) is 0 Å². The van der Waals surface area contributed by atoms with Gasteiger partial charge >= 0.3 is 0 Å². The molecule has 0 saturated heterocycles. The Morgan fingerprint density at radius 3 is 2.88 bits per heavy atom. The van der Waals surface area contributed by atoms with Crippen molar-refractivity contribution in [2.45, 2.75) is 0 Å². The second-order valence-electron chi connectivity index (χ2n) is 3.43. The van der Waals surface area contributed by atoms with Crippen molar-refractivity contribution in [3.63, 3.8) is 0 Å². The summed E-state index contributed by atoms with van der Waals surface area (Å²) in [4.78, 5) is 16.0. The zero-order chi connectivity index (χ0) is 12.1. The molecule has 0 bridgehead atoms. The zero-order valence-corrected chi connectivity index (χ0v) is 9.49. The summed E-state index contributed by atoms with van der Waals surface area (Å²) in [5.41, 5.74) is 3.13. The highest BCUT2D eigenvalue weighted by Crippen LogP contribution is 2.32. The third kappa shape index (κ3) is 3.08. The Balaban J connectivity index is 1.99. The molecule has 0 aromatic heterocycles. The molecular formula is C11H14N2O4. The summed E-state index contributed by atoms with van der Waals surface area (Å²) in [5.74, 6) is 1.15. The quantitative estimate of drug-likeness (QED) is 0.750. The van der Waals surface area contributed by atoms with Gasteiger partial charge in [-0.1, -0.05) is 0 Å². The topological polar surface area (TPSA) is 68.8 Å². The fraction of sp³-hybridized carbons (Fsp3) is 0.364. The fourth-order valence-corrected chi connectivity index (χ4v) is 1.46. The predicted molar refractivity (Wildman–Crippen MR) is 61.1 cm³/mol. The molecule has 6 heteroatoms. The molecule has 2 rings (SSSR count). The lowest BCUT2D eigenvalue weighted by Gasteiger charge is -2.19. The van der Waals surface area contributed by atoms with Crippen molar-refractivity contribution in [1.82, 2.24) is 5.48 Å². The molecule has 0 unspecified atom stereocenters. The molecule has 1 aliphatic rings. The molecule has 0 radical (unpaired) electrons. The molecule has 17 heavy (non-hydrogen) atoms. The number of hydroxylamine groups is 1. The first-order valence-corrected chi connectivity index (χ1v) is 5.25. The second-order valence-corrected chi connectivity index (χ2v) is 3.43. The Labute approximate surface area is 98.8 Å². The van der Waals surface area contributed by atoms with Gasteiger partial charge in [0.2, 0.25) is 5.91 Å². The van der Waals surface area contributed by atoms with Gasteiger partial charge in [-0.05, 0) is 12.1 Å². The molecule has 1 heterocycles. The summed E-state index contributed by atoms with van der Waals surface area (Å²) in [6, 6.07) is 5.27. The number of ether oxygens (including phenoxy) is 2. The molecule has 1 aromatic rings. The number of hydrogen-bond acceptors (Lipinski definition) is 5. The number of amides is 1. The normalized spacial score (nSPS) is 13.2. The van der Waals surface area contributed by atoms with Gasteiger partial charge in [0.25, 0.3) is 0 Å². The first kappa shape index (κ1) is 11.7. The molecule has 92 valence electrons. The van der Waals surface area contributed by atoms with Crippen LogP contribution in [0.4, 0.5) is 5.69 Å². The number of anilines is 1. The molecule has 0 saturated carbocycles. The summed E-state index contributed by atoms with van der Waals surface area (Å²) in [6.45, 7) is 1.16. The van der Waals surface area contributed by atoms with Gasteiger partial charge in [-0.2, -0.15) is 5.48 Å². The lowest BCUT2D eigenvalue weighted by Crippen LogP contribution is -2.27. The highest BCUT2D eigenvalue weighted by molar-refractivity contribution is 5.92. The monoisotopic (exact) mass is 238 g/mol. The van der Waals surface area contributed by atoms with Gasteiger partial charge in [-0.3, -0.25) is 4.79 Å². The smallest absolute Gasteiger partial charge is 0.240 e. The Hall–Kier alpha value is -1.79. The Bertz CT molecular complexity index is 408. The lowest BCUT2D eigenvalue weighted by molar-refractivity contribution is -0.117. The van der Waals surface area contributed by atoms with E-state index in [0.717, 1.165) is 0 Å². The maximum absolute atomic E-state index is 11.4. The standard InChI is InChI=1S/C11H14N2O4/c1-15-12-7-11(14)13-8-2-3-9-10(6-8)17-5-4-16-9/h2-3,6,12H,4-5,7H2,1H3,(H,13,14). The third-order valence-electron chi connectivity index (χ3n) is 2.20. The van der Waals surface area contributed by atoms with Crippen molar-refractivity contribution in [3.8, 4) is 11.5 Å². The summed E-state index contributed by atoms with van der Waals surface area (Å²) in [6.07, 6.45) is 0. The average Bonchev–Trinajstić information content (AvgIpc) is 2.36. The van der Waals surface area contributed by atoms with Gasteiger partial charge in [0.05, 0.1) is 7.11 Å². The average molecular weight is 238 g/mol. The summed E-state index contributed by atoms with van der Waals surface area (Å²) < 4.78 is 10.8. The fourth-order valence-electron chi connectivity index (χ4n) is 1.46. The maximum Gasteiger partial charge on any atom is 0.240 e. The Kier molecular flexibility index (Phi) is 3.79. The molecule has 6 nitrogen and oxygen atoms in total. The van der Waals surface area contributed by atoms with Gasteiger partial charge in [0.1, 0.15) is 19.8 Å². The highest BCUT2D eigenvalue weighted by Gasteiger charge is 2.12. The number of carbonyl (C=O) groups excluding carboxylic acids is 1. The van der Waals surface area contributed by atoms with E-state index in [1.165, 1.54) is 7.11 Å². The molecule has 1 aliphatic heterocycles. The molecule has 1 aromatic carbocycles. The van der Waals surface area contributed by atoms with E-state index >= 15 is 0 Å². The van der Waals surface area contributed by atoms with Crippen LogP contribution in [0.15, 0.2) is 18.2 Å². The highest BCUT2D eigenvalue weighted by atomic mass is 16.6. The zero-order valence-electron chi connectivity index (χ0n) is 9.49. The van der Waals surface area contributed by atoms with E-state index < -0.39 is 0 Å². The van der Waals surface area contributed by atoms with Gasteiger partial charge in [-0.15, -0.1) is 0 Å². The van der Waals surface area contributed by atoms with Crippen LogP contribution in [0.2, 0.25) is 0 Å². The molecule has 0 atom stereocenters. The van der Waals surface area contributed by atoms with E-state index in [1.54, 1.807) is 18.2 Å². The van der Waals surface area contributed by atoms with E-state index in [1.807, 2.05) is 0 Å². The molecule has 2 N–H and O–H groups in total. The van der Waals surface area contributed by atoms with Crippen LogP contribution >= 0.6 is 0 Å². The van der Waals surface area contributed by atoms with E-state index in [0.29, 0.717) is 30.4 Å². The van der Waals surface area contributed by atoms with E-state index in [4.69, 9.17) is 9.47 Å². The summed E-state index contributed by atoms with van der Waals surface area (Å²) >= 11 is 0. The molecular weight excluding hydrogens is 224 g/mol. The molecule has 1 amide bonds. The number of carbonyl (C=O) groups is 1. The van der Waals surface area contributed by atoms with Crippen LogP contribution in [0.5, 0.6) is 11.5 Å². The van der Waals surface area contributed by atoms with Crippen molar-refractivity contribution in [2.24, 2.45) is 0 Å². The Morgan fingerprint density at radius 2 is 2.12 bits per heavy atom. The molecule has 0 fully saturated rings. The Morgan fingerprint density at radius 1 is 1.35 bits per heavy atom. The van der Waals surface area contributed by atoms with Crippen LogP contribution in [-0.2, 0) is 9.63 Å². The number of fused-ring (bicyclic) bond motifs is 1. The number of nitrogens with one attached hydrogen (secondary N) is 2. The van der Waals surface area contributed by atoms with Crippen LogP contribution in [0, 0.1) is 0 Å². The number of hydrogen-bond donors (Lipinski definition) is 2. The first-order chi connectivity index (χ1) is 8.29. The molecule has 0 aliphatic carbocycles. The largest absolute Gasteiger partial charge is 0.486 e. The first-order valence-electron chi connectivity index (χ1n) is 5.25. The van der Waals surface area contributed by atoms with Crippen molar-refractivity contribution in [2.75, 3.05) is 32.2 Å². The van der Waals surface area contributed by atoms with Gasteiger partial charge in [0, 0.05) is 11.8 Å².